The molecule has 36 heavy (non-hydrogen) atoms. The maximum absolute atomic E-state index is 13.8. The van der Waals surface area contributed by atoms with Crippen LogP contribution < -0.4 is 19.6 Å². The number of thiazole rings is 1. The van der Waals surface area contributed by atoms with Gasteiger partial charge in [0, 0.05) is 0 Å². The topological polar surface area (TPSA) is 69.9 Å². The van der Waals surface area contributed by atoms with E-state index in [0.717, 1.165) is 28.0 Å². The maximum atomic E-state index is 13.8. The molecule has 3 aromatic rings. The number of nitrogens with zero attached hydrogens (tertiary/aromatic N) is 2. The smallest absolute Gasteiger partial charge is 0.338 e. The Morgan fingerprint density at radius 3 is 2.50 bits per heavy atom. The van der Waals surface area contributed by atoms with Crippen molar-refractivity contribution in [3.05, 3.63) is 95.7 Å². The number of benzene rings is 2. The summed E-state index contributed by atoms with van der Waals surface area (Å²) in [6.07, 6.45) is 1.92. The van der Waals surface area contributed by atoms with Gasteiger partial charge in [-0.3, -0.25) is 9.36 Å². The first-order chi connectivity index (χ1) is 17.3. The highest BCUT2D eigenvalue weighted by Crippen LogP contribution is 2.32. The van der Waals surface area contributed by atoms with Crippen LogP contribution in [0.1, 0.15) is 68.8 Å². The standard InChI is InChI=1S/C29H32N2O4S/c1-7-34-23-14-18(5)21(15-22(23)17(3)4)16-24-27(32)31-26(20-12-10-9-11-13-20)25(28(33)35-8-2)19(6)30-29(31)36-24/h9-17,26H,7-8H2,1-6H3/b24-16-/t26-/m0/s1. The summed E-state index contributed by atoms with van der Waals surface area (Å²) in [7, 11) is 0. The lowest BCUT2D eigenvalue weighted by Crippen LogP contribution is -2.39. The minimum absolute atomic E-state index is 0.179. The van der Waals surface area contributed by atoms with Gasteiger partial charge in [-0.15, -0.1) is 0 Å². The van der Waals surface area contributed by atoms with Crippen LogP contribution in [0.4, 0.5) is 0 Å². The maximum Gasteiger partial charge on any atom is 0.338 e. The summed E-state index contributed by atoms with van der Waals surface area (Å²) < 4.78 is 13.4. The van der Waals surface area contributed by atoms with Gasteiger partial charge < -0.3 is 9.47 Å². The van der Waals surface area contributed by atoms with Crippen molar-refractivity contribution in [1.82, 2.24) is 4.57 Å². The minimum atomic E-state index is -0.601. The molecule has 0 unspecified atom stereocenters. The van der Waals surface area contributed by atoms with Crippen molar-refractivity contribution >= 4 is 23.4 Å². The number of allylic oxidation sites excluding steroid dienone is 1. The first kappa shape index (κ1) is 25.6. The fraction of sp³-hybridized carbons (Fsp3) is 0.345. The summed E-state index contributed by atoms with van der Waals surface area (Å²) in [6, 6.07) is 13.1. The second-order valence-corrected chi connectivity index (χ2v) is 10.1. The van der Waals surface area contributed by atoms with E-state index in [-0.39, 0.29) is 18.1 Å². The van der Waals surface area contributed by atoms with Gasteiger partial charge in [0.15, 0.2) is 4.80 Å². The summed E-state index contributed by atoms with van der Waals surface area (Å²) in [4.78, 5) is 32.0. The number of esters is 1. The second kappa shape index (κ2) is 10.7. The van der Waals surface area contributed by atoms with Crippen LogP contribution in [-0.4, -0.2) is 23.8 Å². The number of aromatic nitrogens is 1. The molecule has 0 radical (unpaired) electrons. The van der Waals surface area contributed by atoms with Gasteiger partial charge in [0.05, 0.1) is 35.1 Å². The van der Waals surface area contributed by atoms with Gasteiger partial charge in [-0.1, -0.05) is 55.5 Å². The Hall–Kier alpha value is -3.45. The van der Waals surface area contributed by atoms with Crippen LogP contribution >= 0.6 is 11.3 Å². The van der Waals surface area contributed by atoms with Gasteiger partial charge in [-0.2, -0.15) is 0 Å². The largest absolute Gasteiger partial charge is 0.494 e. The monoisotopic (exact) mass is 504 g/mol. The van der Waals surface area contributed by atoms with E-state index in [0.29, 0.717) is 27.2 Å². The Morgan fingerprint density at radius 1 is 1.14 bits per heavy atom. The predicted octanol–water partition coefficient (Wildman–Crippen LogP) is 4.63. The number of hydrogen-bond donors (Lipinski definition) is 0. The first-order valence-electron chi connectivity index (χ1n) is 12.3. The lowest BCUT2D eigenvalue weighted by Gasteiger charge is -2.24. The Morgan fingerprint density at radius 2 is 1.86 bits per heavy atom. The molecular weight excluding hydrogens is 472 g/mol. The quantitative estimate of drug-likeness (QED) is 0.440. The summed E-state index contributed by atoms with van der Waals surface area (Å²) in [5.74, 6) is 0.696. The Labute approximate surface area is 215 Å². The summed E-state index contributed by atoms with van der Waals surface area (Å²) >= 11 is 1.33. The molecule has 2 heterocycles. The van der Waals surface area contributed by atoms with Crippen molar-refractivity contribution in [2.45, 2.75) is 53.5 Å². The van der Waals surface area contributed by atoms with Gasteiger partial charge in [0.2, 0.25) is 0 Å². The number of aryl methyl sites for hydroxylation is 1. The Kier molecular flexibility index (Phi) is 7.59. The zero-order valence-corrected chi connectivity index (χ0v) is 22.4. The van der Waals surface area contributed by atoms with E-state index < -0.39 is 12.0 Å². The summed E-state index contributed by atoms with van der Waals surface area (Å²) in [5, 5.41) is 0. The molecule has 0 spiro atoms. The summed E-state index contributed by atoms with van der Waals surface area (Å²) in [5.41, 5.74) is 4.70. The van der Waals surface area contributed by atoms with Crippen LogP contribution in [0.3, 0.4) is 0 Å². The van der Waals surface area contributed by atoms with Crippen LogP contribution in [0, 0.1) is 6.92 Å². The van der Waals surface area contributed by atoms with Crippen molar-refractivity contribution < 1.29 is 14.3 Å². The third-order valence-corrected chi connectivity index (χ3v) is 7.22. The van der Waals surface area contributed by atoms with E-state index in [1.807, 2.05) is 56.3 Å². The van der Waals surface area contributed by atoms with Crippen molar-refractivity contribution in [1.29, 1.82) is 0 Å². The Bertz CT molecular complexity index is 1500. The van der Waals surface area contributed by atoms with E-state index in [1.54, 1.807) is 18.4 Å². The van der Waals surface area contributed by atoms with Crippen molar-refractivity contribution in [2.24, 2.45) is 4.99 Å². The van der Waals surface area contributed by atoms with Crippen LogP contribution in [0.5, 0.6) is 5.75 Å². The van der Waals surface area contributed by atoms with E-state index in [2.05, 4.69) is 24.9 Å². The van der Waals surface area contributed by atoms with Gasteiger partial charge >= 0.3 is 5.97 Å². The SMILES string of the molecule is CCOC(=O)C1=C(C)N=c2s/c(=C\c3cc(C(C)C)c(OCC)cc3C)c(=O)n2[C@H]1c1ccccc1. The van der Waals surface area contributed by atoms with E-state index in [1.165, 1.54) is 11.3 Å². The molecule has 1 aromatic heterocycles. The number of fused-ring (bicyclic) bond motifs is 1. The fourth-order valence-corrected chi connectivity index (χ4v) is 5.52. The molecule has 1 atom stereocenters. The third kappa shape index (κ3) is 4.80. The molecule has 4 rings (SSSR count). The molecule has 0 amide bonds. The molecule has 2 aromatic carbocycles. The van der Waals surface area contributed by atoms with Crippen molar-refractivity contribution in [3.63, 3.8) is 0 Å². The molecule has 0 saturated carbocycles. The normalized spacial score (nSPS) is 15.6. The zero-order valence-electron chi connectivity index (χ0n) is 21.6. The molecule has 0 aliphatic carbocycles. The zero-order chi connectivity index (χ0) is 26.0. The molecular formula is C29H32N2O4S. The third-order valence-electron chi connectivity index (χ3n) is 6.24. The lowest BCUT2D eigenvalue weighted by atomic mass is 9.96. The molecule has 1 aliphatic heterocycles. The predicted molar refractivity (Wildman–Crippen MR) is 143 cm³/mol. The minimum Gasteiger partial charge on any atom is -0.494 e. The van der Waals surface area contributed by atoms with E-state index >= 15 is 0 Å². The highest BCUT2D eigenvalue weighted by atomic mass is 32.1. The molecule has 7 heteroatoms. The number of hydrogen-bond acceptors (Lipinski definition) is 6. The molecule has 1 aliphatic rings. The van der Waals surface area contributed by atoms with Crippen LogP contribution in [0.2, 0.25) is 0 Å². The first-order valence-corrected chi connectivity index (χ1v) is 13.1. The van der Waals surface area contributed by atoms with Gasteiger partial charge in [-0.25, -0.2) is 9.79 Å². The van der Waals surface area contributed by atoms with Gasteiger partial charge in [-0.05, 0) is 74.1 Å². The highest BCUT2D eigenvalue weighted by Gasteiger charge is 2.33. The number of ether oxygens (including phenoxy) is 2. The number of carbonyl (C=O) groups excluding carboxylic acids is 1. The fourth-order valence-electron chi connectivity index (χ4n) is 4.49. The molecule has 0 fully saturated rings. The highest BCUT2D eigenvalue weighted by molar-refractivity contribution is 7.07. The molecule has 0 N–H and O–H groups in total. The van der Waals surface area contributed by atoms with Gasteiger partial charge in [0.1, 0.15) is 5.75 Å². The van der Waals surface area contributed by atoms with E-state index in [4.69, 9.17) is 9.47 Å². The Balaban J connectivity index is 1.93. The average molecular weight is 505 g/mol. The molecule has 0 saturated heterocycles. The summed E-state index contributed by atoms with van der Waals surface area (Å²) in [6.45, 7) is 12.7. The van der Waals surface area contributed by atoms with Crippen LogP contribution in [0.15, 0.2) is 63.5 Å². The number of rotatable bonds is 7. The number of carbonyl (C=O) groups is 1. The second-order valence-electron chi connectivity index (χ2n) is 9.05. The van der Waals surface area contributed by atoms with Gasteiger partial charge in [0.25, 0.3) is 5.56 Å². The van der Waals surface area contributed by atoms with Crippen molar-refractivity contribution in [3.8, 4) is 5.75 Å². The van der Waals surface area contributed by atoms with Crippen LogP contribution in [0.25, 0.3) is 6.08 Å². The van der Waals surface area contributed by atoms with E-state index in [9.17, 15) is 9.59 Å². The molecule has 6 nitrogen and oxygen atoms in total. The average Bonchev–Trinajstić information content (AvgIpc) is 3.14. The van der Waals surface area contributed by atoms with Crippen LogP contribution in [-0.2, 0) is 9.53 Å². The molecule has 188 valence electrons. The van der Waals surface area contributed by atoms with Crippen molar-refractivity contribution in [2.75, 3.05) is 13.2 Å². The lowest BCUT2D eigenvalue weighted by molar-refractivity contribution is -0.139. The molecule has 0 bridgehead atoms.